The first-order valence-corrected chi connectivity index (χ1v) is 6.42. The Kier molecular flexibility index (Phi) is 3.99. The van der Waals surface area contributed by atoms with Crippen molar-refractivity contribution in [2.75, 3.05) is 18.9 Å². The van der Waals surface area contributed by atoms with Gasteiger partial charge in [-0.25, -0.2) is 0 Å². The van der Waals surface area contributed by atoms with Gasteiger partial charge < -0.3 is 11.1 Å². The maximum atomic E-state index is 11.3. The number of nitrogens with two attached hydrogens (primary N) is 1. The van der Waals surface area contributed by atoms with E-state index in [4.69, 9.17) is 5.73 Å². The Labute approximate surface area is 108 Å². The number of nitrogens with zero attached hydrogens (tertiary/aromatic N) is 1. The molecule has 1 aromatic carbocycles. The molecule has 0 bridgehead atoms. The van der Waals surface area contributed by atoms with Crippen molar-refractivity contribution in [2.24, 2.45) is 5.73 Å². The van der Waals surface area contributed by atoms with E-state index in [0.717, 1.165) is 24.2 Å². The summed E-state index contributed by atoms with van der Waals surface area (Å²) in [6.45, 7) is 3.79. The Bertz CT molecular complexity index is 445. The van der Waals surface area contributed by atoms with E-state index in [0.29, 0.717) is 19.0 Å². The summed E-state index contributed by atoms with van der Waals surface area (Å²) in [6, 6.07) is 6.68. The summed E-state index contributed by atoms with van der Waals surface area (Å²) in [7, 11) is 2.11. The largest absolute Gasteiger partial charge is 0.330 e. The van der Waals surface area contributed by atoms with E-state index in [1.807, 2.05) is 6.07 Å². The number of anilines is 1. The normalized spacial score (nSPS) is 15.7. The molecule has 1 unspecified atom stereocenters. The second-order valence-corrected chi connectivity index (χ2v) is 5.06. The van der Waals surface area contributed by atoms with Gasteiger partial charge in [0.05, 0.1) is 6.42 Å². The molecule has 1 aliphatic heterocycles. The molecule has 1 atom stereocenters. The van der Waals surface area contributed by atoms with Crippen LogP contribution in [0.3, 0.4) is 0 Å². The number of amides is 1. The van der Waals surface area contributed by atoms with Crippen molar-refractivity contribution in [2.45, 2.75) is 32.4 Å². The third-order valence-electron chi connectivity index (χ3n) is 3.56. The molecule has 0 saturated heterocycles. The SMILES string of the molecule is CC(CCN)N(C)Cc1ccc2c(c1)CC(=O)N2. The van der Waals surface area contributed by atoms with Gasteiger partial charge in [-0.3, -0.25) is 9.69 Å². The van der Waals surface area contributed by atoms with Crippen LogP contribution in [-0.4, -0.2) is 30.4 Å². The predicted molar refractivity (Wildman–Crippen MR) is 73.4 cm³/mol. The van der Waals surface area contributed by atoms with Crippen LogP contribution in [0.5, 0.6) is 0 Å². The molecule has 0 fully saturated rings. The molecule has 1 aliphatic rings. The van der Waals surface area contributed by atoms with Crippen LogP contribution >= 0.6 is 0 Å². The first kappa shape index (κ1) is 13.1. The Hall–Kier alpha value is -1.39. The van der Waals surface area contributed by atoms with Gasteiger partial charge in [-0.2, -0.15) is 0 Å². The number of fused-ring (bicyclic) bond motifs is 1. The summed E-state index contributed by atoms with van der Waals surface area (Å²) in [5.41, 5.74) is 8.89. The van der Waals surface area contributed by atoms with Crippen LogP contribution in [0.15, 0.2) is 18.2 Å². The fourth-order valence-corrected chi connectivity index (χ4v) is 2.29. The molecule has 0 saturated carbocycles. The molecule has 4 heteroatoms. The van der Waals surface area contributed by atoms with E-state index >= 15 is 0 Å². The van der Waals surface area contributed by atoms with Gasteiger partial charge in [-0.05, 0) is 44.1 Å². The van der Waals surface area contributed by atoms with Crippen molar-refractivity contribution in [3.8, 4) is 0 Å². The van der Waals surface area contributed by atoms with Crippen LogP contribution in [0.25, 0.3) is 0 Å². The zero-order chi connectivity index (χ0) is 13.1. The van der Waals surface area contributed by atoms with E-state index in [2.05, 4.69) is 36.3 Å². The Morgan fingerprint density at radius 2 is 2.28 bits per heavy atom. The van der Waals surface area contributed by atoms with Crippen molar-refractivity contribution in [1.82, 2.24) is 4.90 Å². The maximum absolute atomic E-state index is 11.3. The number of carbonyl (C=O) groups excluding carboxylic acids is 1. The highest BCUT2D eigenvalue weighted by molar-refractivity contribution is 5.99. The minimum absolute atomic E-state index is 0.0898. The van der Waals surface area contributed by atoms with E-state index in [9.17, 15) is 4.79 Å². The number of hydrogen-bond donors (Lipinski definition) is 2. The zero-order valence-electron chi connectivity index (χ0n) is 11.1. The highest BCUT2D eigenvalue weighted by atomic mass is 16.1. The summed E-state index contributed by atoms with van der Waals surface area (Å²) in [5, 5.41) is 2.85. The van der Waals surface area contributed by atoms with Gasteiger partial charge in [0, 0.05) is 18.3 Å². The summed E-state index contributed by atoms with van der Waals surface area (Å²) in [6.07, 6.45) is 1.51. The van der Waals surface area contributed by atoms with E-state index < -0.39 is 0 Å². The number of nitrogens with one attached hydrogen (secondary N) is 1. The number of hydrogen-bond acceptors (Lipinski definition) is 3. The lowest BCUT2D eigenvalue weighted by atomic mass is 10.1. The second kappa shape index (κ2) is 5.50. The lowest BCUT2D eigenvalue weighted by molar-refractivity contribution is -0.115. The van der Waals surface area contributed by atoms with Crippen LogP contribution in [-0.2, 0) is 17.8 Å². The molecule has 98 valence electrons. The average molecular weight is 247 g/mol. The molecule has 18 heavy (non-hydrogen) atoms. The third kappa shape index (κ3) is 2.89. The topological polar surface area (TPSA) is 58.4 Å². The third-order valence-corrected chi connectivity index (χ3v) is 3.56. The first-order chi connectivity index (χ1) is 8.60. The van der Waals surface area contributed by atoms with Crippen molar-refractivity contribution in [3.05, 3.63) is 29.3 Å². The molecular formula is C14H21N3O. The summed E-state index contributed by atoms with van der Waals surface area (Å²) < 4.78 is 0. The lowest BCUT2D eigenvalue weighted by Crippen LogP contribution is -2.30. The standard InChI is InChI=1S/C14H21N3O/c1-10(5-6-15)17(2)9-11-3-4-13-12(7-11)8-14(18)16-13/h3-4,7,10H,5-6,8-9,15H2,1-2H3,(H,16,18). The molecule has 0 aliphatic carbocycles. The lowest BCUT2D eigenvalue weighted by Gasteiger charge is -2.24. The first-order valence-electron chi connectivity index (χ1n) is 6.42. The molecule has 0 radical (unpaired) electrons. The minimum atomic E-state index is 0.0898. The summed E-state index contributed by atoms with van der Waals surface area (Å²) in [4.78, 5) is 13.6. The van der Waals surface area contributed by atoms with Crippen molar-refractivity contribution in [3.63, 3.8) is 0 Å². The molecule has 0 aromatic heterocycles. The average Bonchev–Trinajstić information content (AvgIpc) is 2.68. The van der Waals surface area contributed by atoms with Gasteiger partial charge in [0.15, 0.2) is 0 Å². The Balaban J connectivity index is 2.03. The molecule has 1 aromatic rings. The molecule has 1 heterocycles. The highest BCUT2D eigenvalue weighted by Gasteiger charge is 2.18. The van der Waals surface area contributed by atoms with E-state index in [1.54, 1.807) is 0 Å². The molecule has 1 amide bonds. The van der Waals surface area contributed by atoms with Gasteiger partial charge in [0.1, 0.15) is 0 Å². The second-order valence-electron chi connectivity index (χ2n) is 5.06. The quantitative estimate of drug-likeness (QED) is 0.825. The Morgan fingerprint density at radius 1 is 1.50 bits per heavy atom. The van der Waals surface area contributed by atoms with Crippen molar-refractivity contribution in [1.29, 1.82) is 0 Å². The highest BCUT2D eigenvalue weighted by Crippen LogP contribution is 2.24. The van der Waals surface area contributed by atoms with Gasteiger partial charge in [0.2, 0.25) is 5.91 Å². The fraction of sp³-hybridized carbons (Fsp3) is 0.500. The minimum Gasteiger partial charge on any atom is -0.330 e. The van der Waals surface area contributed by atoms with E-state index in [-0.39, 0.29) is 5.91 Å². The monoisotopic (exact) mass is 247 g/mol. The molecular weight excluding hydrogens is 226 g/mol. The number of rotatable bonds is 5. The van der Waals surface area contributed by atoms with E-state index in [1.165, 1.54) is 5.56 Å². The fourth-order valence-electron chi connectivity index (χ4n) is 2.29. The maximum Gasteiger partial charge on any atom is 0.228 e. The summed E-state index contributed by atoms with van der Waals surface area (Å²) in [5.74, 6) is 0.0898. The number of benzene rings is 1. The molecule has 0 spiro atoms. The van der Waals surface area contributed by atoms with Crippen LogP contribution in [0.2, 0.25) is 0 Å². The smallest absolute Gasteiger partial charge is 0.228 e. The van der Waals surface area contributed by atoms with Gasteiger partial charge in [-0.15, -0.1) is 0 Å². The summed E-state index contributed by atoms with van der Waals surface area (Å²) >= 11 is 0. The van der Waals surface area contributed by atoms with Gasteiger partial charge in [-0.1, -0.05) is 12.1 Å². The van der Waals surface area contributed by atoms with Crippen LogP contribution in [0, 0.1) is 0 Å². The van der Waals surface area contributed by atoms with Crippen LogP contribution in [0.4, 0.5) is 5.69 Å². The molecule has 2 rings (SSSR count). The predicted octanol–water partition coefficient (Wildman–Crippen LogP) is 1.35. The van der Waals surface area contributed by atoms with Crippen LogP contribution < -0.4 is 11.1 Å². The molecule has 3 N–H and O–H groups in total. The molecule has 4 nitrogen and oxygen atoms in total. The van der Waals surface area contributed by atoms with Crippen molar-refractivity contribution < 1.29 is 4.79 Å². The zero-order valence-corrected chi connectivity index (χ0v) is 11.1. The number of carbonyl (C=O) groups is 1. The van der Waals surface area contributed by atoms with Gasteiger partial charge >= 0.3 is 0 Å². The van der Waals surface area contributed by atoms with Crippen molar-refractivity contribution >= 4 is 11.6 Å². The van der Waals surface area contributed by atoms with Crippen LogP contribution in [0.1, 0.15) is 24.5 Å². The Morgan fingerprint density at radius 3 is 3.00 bits per heavy atom. The van der Waals surface area contributed by atoms with Gasteiger partial charge in [0.25, 0.3) is 0 Å².